The lowest BCUT2D eigenvalue weighted by molar-refractivity contribution is -0.384. The van der Waals surface area contributed by atoms with Crippen LogP contribution < -0.4 is 10.1 Å². The molecule has 6 nitrogen and oxygen atoms in total. The molecule has 0 unspecified atom stereocenters. The number of halogens is 2. The third kappa shape index (κ3) is 4.37. The molecule has 2 aromatic rings. The molecule has 0 saturated heterocycles. The fraction of sp³-hybridized carbons (Fsp3) is 0.188. The number of nitro benzene ring substituents is 1. The fourth-order valence-corrected chi connectivity index (χ4v) is 2.39. The molecule has 0 radical (unpaired) electrons. The largest absolute Gasteiger partial charge is 0.491 e. The van der Waals surface area contributed by atoms with Crippen molar-refractivity contribution in [3.05, 3.63) is 62.1 Å². The normalized spacial score (nSPS) is 10.5. The Kier molecular flexibility index (Phi) is 5.64. The number of rotatable bonds is 5. The van der Waals surface area contributed by atoms with Gasteiger partial charge in [0.15, 0.2) is 0 Å². The van der Waals surface area contributed by atoms with Crippen LogP contribution in [0, 0.1) is 10.1 Å². The van der Waals surface area contributed by atoms with Crippen LogP contribution in [-0.4, -0.2) is 16.9 Å². The molecule has 0 aliphatic rings. The van der Waals surface area contributed by atoms with Crippen LogP contribution in [0.15, 0.2) is 36.4 Å². The average Bonchev–Trinajstić information content (AvgIpc) is 2.49. The predicted octanol–water partition coefficient (Wildman–Crippen LogP) is 4.94. The molecule has 0 spiro atoms. The Labute approximate surface area is 148 Å². The van der Waals surface area contributed by atoms with E-state index in [1.165, 1.54) is 6.07 Å². The average molecular weight is 369 g/mol. The van der Waals surface area contributed by atoms with Crippen molar-refractivity contribution in [3.63, 3.8) is 0 Å². The van der Waals surface area contributed by atoms with Gasteiger partial charge in [0.05, 0.1) is 21.7 Å². The molecule has 0 saturated carbocycles. The number of hydrogen-bond acceptors (Lipinski definition) is 4. The Morgan fingerprint density at radius 1 is 1.21 bits per heavy atom. The van der Waals surface area contributed by atoms with E-state index in [2.05, 4.69) is 5.32 Å². The maximum Gasteiger partial charge on any atom is 0.289 e. The number of carbonyl (C=O) groups is 1. The van der Waals surface area contributed by atoms with E-state index < -0.39 is 10.8 Å². The van der Waals surface area contributed by atoms with Gasteiger partial charge in [-0.05, 0) is 38.1 Å². The first-order valence-electron chi connectivity index (χ1n) is 6.99. The SMILES string of the molecule is CC(C)Oc1cccc(C(=O)Nc2cc(Cl)c([N+](=O)[O-])cc2Cl)c1. The first-order valence-corrected chi connectivity index (χ1v) is 7.75. The molecule has 0 aromatic heterocycles. The molecule has 0 atom stereocenters. The Balaban J connectivity index is 2.24. The van der Waals surface area contributed by atoms with Gasteiger partial charge in [-0.3, -0.25) is 14.9 Å². The van der Waals surface area contributed by atoms with E-state index in [-0.39, 0.29) is 27.5 Å². The van der Waals surface area contributed by atoms with Crippen LogP contribution in [0.4, 0.5) is 11.4 Å². The number of ether oxygens (including phenoxy) is 1. The minimum absolute atomic E-state index is 0.0220. The highest BCUT2D eigenvalue weighted by molar-refractivity contribution is 6.37. The summed E-state index contributed by atoms with van der Waals surface area (Å²) in [6.45, 7) is 3.76. The standard InChI is InChI=1S/C16H14Cl2N2O4/c1-9(2)24-11-5-3-4-10(6-11)16(21)19-14-7-13(18)15(20(22)23)8-12(14)17/h3-9H,1-2H3,(H,19,21). The summed E-state index contributed by atoms with van der Waals surface area (Å²) in [4.78, 5) is 22.5. The van der Waals surface area contributed by atoms with Gasteiger partial charge in [0.25, 0.3) is 11.6 Å². The molecule has 2 aromatic carbocycles. The molecule has 0 aliphatic heterocycles. The third-order valence-electron chi connectivity index (χ3n) is 2.95. The van der Waals surface area contributed by atoms with Crippen molar-refractivity contribution in [2.24, 2.45) is 0 Å². The van der Waals surface area contributed by atoms with Crippen molar-refractivity contribution in [3.8, 4) is 5.75 Å². The quantitative estimate of drug-likeness (QED) is 0.598. The number of nitro groups is 1. The molecular formula is C16H14Cl2N2O4. The Hall–Kier alpha value is -2.31. The van der Waals surface area contributed by atoms with Gasteiger partial charge >= 0.3 is 0 Å². The fourth-order valence-electron chi connectivity index (χ4n) is 1.95. The van der Waals surface area contributed by atoms with Crippen LogP contribution in [0.25, 0.3) is 0 Å². The highest BCUT2D eigenvalue weighted by Crippen LogP contribution is 2.34. The van der Waals surface area contributed by atoms with E-state index in [1.807, 2.05) is 13.8 Å². The minimum atomic E-state index is -0.646. The number of nitrogens with zero attached hydrogens (tertiary/aromatic N) is 1. The first-order chi connectivity index (χ1) is 11.3. The summed E-state index contributed by atoms with van der Waals surface area (Å²) in [5, 5.41) is 13.3. The summed E-state index contributed by atoms with van der Waals surface area (Å²) in [6.07, 6.45) is -0.0220. The van der Waals surface area contributed by atoms with Crippen LogP contribution in [0.5, 0.6) is 5.75 Å². The summed E-state index contributed by atoms with van der Waals surface area (Å²) in [5.74, 6) is 0.126. The zero-order valence-electron chi connectivity index (χ0n) is 12.9. The van der Waals surface area contributed by atoms with Crippen LogP contribution in [0.3, 0.4) is 0 Å². The van der Waals surface area contributed by atoms with Crippen LogP contribution in [0.2, 0.25) is 10.0 Å². The highest BCUT2D eigenvalue weighted by atomic mass is 35.5. The van der Waals surface area contributed by atoms with Gasteiger partial charge in [0, 0.05) is 11.6 Å². The monoisotopic (exact) mass is 368 g/mol. The molecule has 0 aliphatic carbocycles. The van der Waals surface area contributed by atoms with E-state index in [9.17, 15) is 14.9 Å². The lowest BCUT2D eigenvalue weighted by atomic mass is 10.2. The number of anilines is 1. The Morgan fingerprint density at radius 3 is 2.54 bits per heavy atom. The van der Waals surface area contributed by atoms with Gasteiger partial charge in [-0.15, -0.1) is 0 Å². The van der Waals surface area contributed by atoms with E-state index in [4.69, 9.17) is 27.9 Å². The van der Waals surface area contributed by atoms with Crippen molar-refractivity contribution < 1.29 is 14.5 Å². The molecular weight excluding hydrogens is 355 g/mol. The molecule has 1 N–H and O–H groups in total. The summed E-state index contributed by atoms with van der Waals surface area (Å²) < 4.78 is 5.54. The molecule has 8 heteroatoms. The number of hydrogen-bond donors (Lipinski definition) is 1. The molecule has 1 amide bonds. The van der Waals surface area contributed by atoms with Crippen molar-refractivity contribution >= 4 is 40.5 Å². The summed E-state index contributed by atoms with van der Waals surface area (Å²) >= 11 is 11.8. The maximum absolute atomic E-state index is 12.3. The van der Waals surface area contributed by atoms with Crippen molar-refractivity contribution in [1.29, 1.82) is 0 Å². The van der Waals surface area contributed by atoms with E-state index >= 15 is 0 Å². The van der Waals surface area contributed by atoms with Crippen molar-refractivity contribution in [2.45, 2.75) is 20.0 Å². The summed E-state index contributed by atoms with van der Waals surface area (Å²) in [7, 11) is 0. The van der Waals surface area contributed by atoms with Gasteiger partial charge in [-0.2, -0.15) is 0 Å². The topological polar surface area (TPSA) is 81.5 Å². The first kappa shape index (κ1) is 18.0. The van der Waals surface area contributed by atoms with Crippen molar-refractivity contribution in [1.82, 2.24) is 0 Å². The minimum Gasteiger partial charge on any atom is -0.491 e. The lowest BCUT2D eigenvalue weighted by Gasteiger charge is -2.12. The Bertz CT molecular complexity index is 794. The van der Waals surface area contributed by atoms with Gasteiger partial charge < -0.3 is 10.1 Å². The molecule has 24 heavy (non-hydrogen) atoms. The number of benzene rings is 2. The molecule has 2 rings (SSSR count). The van der Waals surface area contributed by atoms with Gasteiger partial charge in [-0.1, -0.05) is 29.3 Å². The second kappa shape index (κ2) is 7.51. The van der Waals surface area contributed by atoms with Crippen LogP contribution in [-0.2, 0) is 0 Å². The molecule has 0 fully saturated rings. The number of amides is 1. The molecule has 0 heterocycles. The third-order valence-corrected chi connectivity index (χ3v) is 3.56. The van der Waals surface area contributed by atoms with Crippen LogP contribution >= 0.6 is 23.2 Å². The molecule has 126 valence electrons. The lowest BCUT2D eigenvalue weighted by Crippen LogP contribution is -2.13. The predicted molar refractivity (Wildman–Crippen MR) is 93.3 cm³/mol. The van der Waals surface area contributed by atoms with E-state index in [0.29, 0.717) is 11.3 Å². The van der Waals surface area contributed by atoms with Gasteiger partial charge in [0.2, 0.25) is 0 Å². The van der Waals surface area contributed by atoms with Gasteiger partial charge in [0.1, 0.15) is 10.8 Å². The van der Waals surface area contributed by atoms with Gasteiger partial charge in [-0.25, -0.2) is 0 Å². The summed E-state index contributed by atoms with van der Waals surface area (Å²) in [5.41, 5.74) is 0.220. The van der Waals surface area contributed by atoms with Crippen molar-refractivity contribution in [2.75, 3.05) is 5.32 Å². The second-order valence-electron chi connectivity index (χ2n) is 5.19. The van der Waals surface area contributed by atoms with Crippen LogP contribution in [0.1, 0.15) is 24.2 Å². The number of nitrogens with one attached hydrogen (secondary N) is 1. The summed E-state index contributed by atoms with van der Waals surface area (Å²) in [6, 6.07) is 8.98. The smallest absolute Gasteiger partial charge is 0.289 e. The molecule has 0 bridgehead atoms. The Morgan fingerprint density at radius 2 is 1.92 bits per heavy atom. The van der Waals surface area contributed by atoms with E-state index in [0.717, 1.165) is 6.07 Å². The highest BCUT2D eigenvalue weighted by Gasteiger charge is 2.18. The van der Waals surface area contributed by atoms with E-state index in [1.54, 1.807) is 24.3 Å². The maximum atomic E-state index is 12.3. The number of carbonyl (C=O) groups excluding carboxylic acids is 1. The zero-order chi connectivity index (χ0) is 17.9. The zero-order valence-corrected chi connectivity index (χ0v) is 14.4. The second-order valence-corrected chi connectivity index (χ2v) is 6.00.